The molecule has 1 aromatic heterocycles. The first-order valence-corrected chi connectivity index (χ1v) is 4.49. The van der Waals surface area contributed by atoms with E-state index in [0.29, 0.717) is 19.4 Å². The van der Waals surface area contributed by atoms with Crippen LogP contribution in [0.25, 0.3) is 0 Å². The molecule has 1 rings (SSSR count). The van der Waals surface area contributed by atoms with Gasteiger partial charge in [0.05, 0.1) is 11.8 Å². The summed E-state index contributed by atoms with van der Waals surface area (Å²) in [5.74, 6) is 0. The van der Waals surface area contributed by atoms with Gasteiger partial charge in [-0.15, -0.1) is 0 Å². The summed E-state index contributed by atoms with van der Waals surface area (Å²) < 4.78 is 1.72. The van der Waals surface area contributed by atoms with Crippen molar-refractivity contribution in [1.82, 2.24) is 9.78 Å². The van der Waals surface area contributed by atoms with E-state index in [4.69, 9.17) is 5.73 Å². The molecule has 0 fully saturated rings. The largest absolute Gasteiger partial charge is 0.388 e. The van der Waals surface area contributed by atoms with E-state index in [9.17, 15) is 5.11 Å². The van der Waals surface area contributed by atoms with E-state index in [-0.39, 0.29) is 0 Å². The molecule has 0 spiro atoms. The first kappa shape index (κ1) is 10.2. The Bertz CT molecular complexity index is 266. The summed E-state index contributed by atoms with van der Waals surface area (Å²) in [6, 6.07) is 0. The molecule has 1 unspecified atom stereocenters. The smallest absolute Gasteiger partial charge is 0.0808 e. The van der Waals surface area contributed by atoms with Crippen LogP contribution in [-0.2, 0) is 13.5 Å². The lowest BCUT2D eigenvalue weighted by molar-refractivity contribution is 0.0456. The fourth-order valence-corrected chi connectivity index (χ4v) is 1.28. The summed E-state index contributed by atoms with van der Waals surface area (Å²) in [6.45, 7) is 2.22. The van der Waals surface area contributed by atoms with Gasteiger partial charge in [0.25, 0.3) is 0 Å². The van der Waals surface area contributed by atoms with Crippen molar-refractivity contribution in [2.45, 2.75) is 25.4 Å². The van der Waals surface area contributed by atoms with E-state index in [1.165, 1.54) is 0 Å². The highest BCUT2D eigenvalue weighted by Crippen LogP contribution is 2.15. The number of rotatable bonds is 4. The van der Waals surface area contributed by atoms with Crippen molar-refractivity contribution < 1.29 is 5.11 Å². The molecule has 0 radical (unpaired) electrons. The molecule has 4 heteroatoms. The minimum absolute atomic E-state index is 0.290. The third-order valence-corrected chi connectivity index (χ3v) is 2.33. The van der Waals surface area contributed by atoms with Crippen molar-refractivity contribution >= 4 is 0 Å². The van der Waals surface area contributed by atoms with Gasteiger partial charge in [-0.2, -0.15) is 5.10 Å². The van der Waals surface area contributed by atoms with Crippen LogP contribution in [0.1, 0.15) is 18.9 Å². The van der Waals surface area contributed by atoms with Gasteiger partial charge in [-0.1, -0.05) is 6.92 Å². The molecular formula is C9H17N3O. The molecule has 0 aliphatic carbocycles. The van der Waals surface area contributed by atoms with Gasteiger partial charge in [-0.05, 0) is 12.0 Å². The Labute approximate surface area is 78.4 Å². The van der Waals surface area contributed by atoms with Crippen molar-refractivity contribution in [3.8, 4) is 0 Å². The second-order valence-electron chi connectivity index (χ2n) is 3.48. The topological polar surface area (TPSA) is 64.1 Å². The summed E-state index contributed by atoms with van der Waals surface area (Å²) in [7, 11) is 1.86. The molecule has 3 N–H and O–H groups in total. The maximum Gasteiger partial charge on any atom is 0.0808 e. The van der Waals surface area contributed by atoms with Gasteiger partial charge < -0.3 is 10.8 Å². The van der Waals surface area contributed by atoms with Gasteiger partial charge in [-0.3, -0.25) is 4.68 Å². The Morgan fingerprint density at radius 3 is 2.77 bits per heavy atom. The Morgan fingerprint density at radius 1 is 1.69 bits per heavy atom. The molecule has 1 atom stereocenters. The lowest BCUT2D eigenvalue weighted by Gasteiger charge is -2.23. The highest BCUT2D eigenvalue weighted by Gasteiger charge is 2.23. The quantitative estimate of drug-likeness (QED) is 0.694. The predicted molar refractivity (Wildman–Crippen MR) is 51.2 cm³/mol. The van der Waals surface area contributed by atoms with Gasteiger partial charge in [0.1, 0.15) is 0 Å². The Kier molecular flexibility index (Phi) is 3.06. The van der Waals surface area contributed by atoms with Gasteiger partial charge in [0, 0.05) is 26.2 Å². The zero-order chi connectivity index (χ0) is 9.90. The Balaban J connectivity index is 2.67. The maximum atomic E-state index is 9.93. The number of hydrogen-bond donors (Lipinski definition) is 2. The SMILES string of the molecule is CCC(O)(CN)Cc1cnn(C)c1. The number of aromatic nitrogens is 2. The Hall–Kier alpha value is -0.870. The first-order chi connectivity index (χ1) is 6.09. The fourth-order valence-electron chi connectivity index (χ4n) is 1.28. The molecule has 0 saturated carbocycles. The molecule has 1 heterocycles. The van der Waals surface area contributed by atoms with Crippen LogP contribution in [0.2, 0.25) is 0 Å². The van der Waals surface area contributed by atoms with Crippen molar-refractivity contribution in [3.63, 3.8) is 0 Å². The average molecular weight is 183 g/mol. The summed E-state index contributed by atoms with van der Waals surface area (Å²) in [4.78, 5) is 0. The number of hydrogen-bond acceptors (Lipinski definition) is 3. The fraction of sp³-hybridized carbons (Fsp3) is 0.667. The molecule has 0 saturated heterocycles. The molecule has 1 aromatic rings. The van der Waals surface area contributed by atoms with E-state index in [1.54, 1.807) is 10.9 Å². The lowest BCUT2D eigenvalue weighted by atomic mass is 9.94. The molecule has 4 nitrogen and oxygen atoms in total. The number of nitrogens with zero attached hydrogens (tertiary/aromatic N) is 2. The van der Waals surface area contributed by atoms with E-state index >= 15 is 0 Å². The summed E-state index contributed by atoms with van der Waals surface area (Å²) in [5, 5.41) is 14.0. The van der Waals surface area contributed by atoms with Crippen LogP contribution in [0.15, 0.2) is 12.4 Å². The van der Waals surface area contributed by atoms with E-state index < -0.39 is 5.60 Å². The van der Waals surface area contributed by atoms with Crippen LogP contribution in [0.3, 0.4) is 0 Å². The minimum atomic E-state index is -0.775. The second-order valence-corrected chi connectivity index (χ2v) is 3.48. The van der Waals surface area contributed by atoms with Gasteiger partial charge in [0.15, 0.2) is 0 Å². The second kappa shape index (κ2) is 3.89. The van der Waals surface area contributed by atoms with Crippen LogP contribution in [0.4, 0.5) is 0 Å². The van der Waals surface area contributed by atoms with Crippen LogP contribution < -0.4 is 5.73 Å². The zero-order valence-corrected chi connectivity index (χ0v) is 8.20. The highest BCUT2D eigenvalue weighted by molar-refractivity contribution is 5.08. The van der Waals surface area contributed by atoms with Crippen LogP contribution in [-0.4, -0.2) is 27.0 Å². The van der Waals surface area contributed by atoms with E-state index in [1.807, 2.05) is 20.2 Å². The number of aliphatic hydroxyl groups is 1. The van der Waals surface area contributed by atoms with Crippen molar-refractivity contribution in [3.05, 3.63) is 18.0 Å². The first-order valence-electron chi connectivity index (χ1n) is 4.49. The molecule has 0 aliphatic heterocycles. The van der Waals surface area contributed by atoms with Gasteiger partial charge in [-0.25, -0.2) is 0 Å². The molecule has 74 valence electrons. The highest BCUT2D eigenvalue weighted by atomic mass is 16.3. The maximum absolute atomic E-state index is 9.93. The summed E-state index contributed by atoms with van der Waals surface area (Å²) in [6.07, 6.45) is 4.90. The molecule has 0 aromatic carbocycles. The number of nitrogens with two attached hydrogens (primary N) is 1. The molecule has 0 bridgehead atoms. The van der Waals surface area contributed by atoms with Crippen molar-refractivity contribution in [2.24, 2.45) is 12.8 Å². The molecule has 0 amide bonds. The van der Waals surface area contributed by atoms with Crippen LogP contribution >= 0.6 is 0 Å². The summed E-state index contributed by atoms with van der Waals surface area (Å²) in [5.41, 5.74) is 5.75. The minimum Gasteiger partial charge on any atom is -0.388 e. The third kappa shape index (κ3) is 2.54. The van der Waals surface area contributed by atoms with Crippen LogP contribution in [0, 0.1) is 0 Å². The third-order valence-electron chi connectivity index (χ3n) is 2.33. The summed E-state index contributed by atoms with van der Waals surface area (Å²) >= 11 is 0. The van der Waals surface area contributed by atoms with E-state index in [2.05, 4.69) is 5.10 Å². The zero-order valence-electron chi connectivity index (χ0n) is 8.20. The predicted octanol–water partition coefficient (Wildman–Crippen LogP) is 0.0624. The van der Waals surface area contributed by atoms with Crippen molar-refractivity contribution in [2.75, 3.05) is 6.54 Å². The lowest BCUT2D eigenvalue weighted by Crippen LogP contribution is -2.39. The number of aryl methyl sites for hydroxylation is 1. The normalized spacial score (nSPS) is 15.7. The van der Waals surface area contributed by atoms with Gasteiger partial charge >= 0.3 is 0 Å². The van der Waals surface area contributed by atoms with Crippen LogP contribution in [0.5, 0.6) is 0 Å². The average Bonchev–Trinajstić information content (AvgIpc) is 2.51. The van der Waals surface area contributed by atoms with E-state index in [0.717, 1.165) is 5.56 Å². The molecule has 13 heavy (non-hydrogen) atoms. The standard InChI is InChI=1S/C9H17N3O/c1-3-9(13,7-10)4-8-5-11-12(2)6-8/h5-6,13H,3-4,7,10H2,1-2H3. The van der Waals surface area contributed by atoms with Crippen molar-refractivity contribution in [1.29, 1.82) is 0 Å². The van der Waals surface area contributed by atoms with Gasteiger partial charge in [0.2, 0.25) is 0 Å². The molecular weight excluding hydrogens is 166 g/mol. The Morgan fingerprint density at radius 2 is 2.38 bits per heavy atom. The molecule has 0 aliphatic rings. The monoisotopic (exact) mass is 183 g/mol.